The molecule has 1 fully saturated rings. The van der Waals surface area contributed by atoms with Gasteiger partial charge in [-0.2, -0.15) is 0 Å². The predicted molar refractivity (Wildman–Crippen MR) is 66.5 cm³/mol. The Kier molecular flexibility index (Phi) is 2.28. The van der Waals surface area contributed by atoms with Gasteiger partial charge in [0.15, 0.2) is 5.78 Å². The summed E-state index contributed by atoms with van der Waals surface area (Å²) >= 11 is 0. The summed E-state index contributed by atoms with van der Waals surface area (Å²) < 4.78 is 2.11. The normalized spacial score (nSPS) is 16.1. The maximum absolute atomic E-state index is 11.6. The number of imidazole rings is 1. The fourth-order valence-electron chi connectivity index (χ4n) is 2.59. The van der Waals surface area contributed by atoms with Crippen LogP contribution in [-0.2, 0) is 0 Å². The second kappa shape index (κ2) is 3.69. The molecule has 0 amide bonds. The summed E-state index contributed by atoms with van der Waals surface area (Å²) in [5.74, 6) is 1.82. The Hall–Kier alpha value is -1.64. The highest BCUT2D eigenvalue weighted by Gasteiger charge is 2.25. The van der Waals surface area contributed by atoms with Crippen LogP contribution in [0.2, 0.25) is 0 Å². The first-order valence-corrected chi connectivity index (χ1v) is 6.17. The number of aryl methyl sites for hydroxylation is 1. The Balaban J connectivity index is 2.27. The average molecular weight is 228 g/mol. The standard InChI is InChI=1S/C14H16N2O/c1-9-13-12(10(2)17)7-4-8-16(13)14(15-9)11-5-3-6-11/h4,7-8,11H,3,5-6H2,1-2H3. The molecule has 3 heteroatoms. The lowest BCUT2D eigenvalue weighted by Gasteiger charge is -2.24. The number of carbonyl (C=O) groups is 1. The largest absolute Gasteiger partial charge is 0.302 e. The number of pyridine rings is 1. The van der Waals surface area contributed by atoms with Crippen molar-refractivity contribution >= 4 is 11.3 Å². The Morgan fingerprint density at radius 2 is 2.24 bits per heavy atom. The summed E-state index contributed by atoms with van der Waals surface area (Å²) in [6, 6.07) is 3.82. The monoisotopic (exact) mass is 228 g/mol. The number of fused-ring (bicyclic) bond motifs is 1. The smallest absolute Gasteiger partial charge is 0.161 e. The molecule has 0 unspecified atom stereocenters. The van der Waals surface area contributed by atoms with Crippen molar-refractivity contribution in [3.8, 4) is 0 Å². The molecule has 3 nitrogen and oxygen atoms in total. The lowest BCUT2D eigenvalue weighted by Crippen LogP contribution is -2.12. The van der Waals surface area contributed by atoms with Gasteiger partial charge in [-0.05, 0) is 38.8 Å². The number of hydrogen-bond donors (Lipinski definition) is 0. The maximum Gasteiger partial charge on any atom is 0.161 e. The molecule has 1 aliphatic rings. The number of ketones is 1. The maximum atomic E-state index is 11.6. The third-order valence-corrected chi connectivity index (χ3v) is 3.72. The fourth-order valence-corrected chi connectivity index (χ4v) is 2.59. The first-order valence-electron chi connectivity index (χ1n) is 6.17. The quantitative estimate of drug-likeness (QED) is 0.740. The Bertz CT molecular complexity index is 594. The number of carbonyl (C=O) groups excluding carboxylic acids is 1. The van der Waals surface area contributed by atoms with Crippen molar-refractivity contribution in [2.75, 3.05) is 0 Å². The van der Waals surface area contributed by atoms with Crippen molar-refractivity contribution in [1.82, 2.24) is 9.38 Å². The molecule has 1 aliphatic carbocycles. The third-order valence-electron chi connectivity index (χ3n) is 3.72. The van der Waals surface area contributed by atoms with Crippen LogP contribution in [0.5, 0.6) is 0 Å². The van der Waals surface area contributed by atoms with E-state index in [1.54, 1.807) is 6.92 Å². The first-order chi connectivity index (χ1) is 8.18. The molecule has 0 atom stereocenters. The van der Waals surface area contributed by atoms with Crippen molar-refractivity contribution in [3.63, 3.8) is 0 Å². The van der Waals surface area contributed by atoms with E-state index in [1.165, 1.54) is 19.3 Å². The van der Waals surface area contributed by atoms with Gasteiger partial charge in [0.1, 0.15) is 5.82 Å². The van der Waals surface area contributed by atoms with Gasteiger partial charge in [-0.3, -0.25) is 4.79 Å². The zero-order chi connectivity index (χ0) is 12.0. The highest BCUT2D eigenvalue weighted by molar-refractivity contribution is 6.01. The number of hydrogen-bond acceptors (Lipinski definition) is 2. The van der Waals surface area contributed by atoms with Gasteiger partial charge in [-0.25, -0.2) is 4.98 Å². The Morgan fingerprint density at radius 1 is 1.47 bits per heavy atom. The highest BCUT2D eigenvalue weighted by atomic mass is 16.1. The molecule has 2 aromatic rings. The zero-order valence-corrected chi connectivity index (χ0v) is 10.2. The van der Waals surface area contributed by atoms with Crippen LogP contribution >= 0.6 is 0 Å². The summed E-state index contributed by atoms with van der Waals surface area (Å²) in [5, 5.41) is 0. The third kappa shape index (κ3) is 1.49. The number of nitrogens with zero attached hydrogens (tertiary/aromatic N) is 2. The Morgan fingerprint density at radius 3 is 2.82 bits per heavy atom. The van der Waals surface area contributed by atoms with Crippen LogP contribution < -0.4 is 0 Å². The van der Waals surface area contributed by atoms with E-state index >= 15 is 0 Å². The molecule has 3 rings (SSSR count). The van der Waals surface area contributed by atoms with Crippen LogP contribution in [0.3, 0.4) is 0 Å². The number of aromatic nitrogens is 2. The van der Waals surface area contributed by atoms with Gasteiger partial charge in [-0.15, -0.1) is 0 Å². The van der Waals surface area contributed by atoms with E-state index in [-0.39, 0.29) is 5.78 Å². The lowest BCUT2D eigenvalue weighted by atomic mass is 9.85. The van der Waals surface area contributed by atoms with Crippen LogP contribution in [-0.4, -0.2) is 15.2 Å². The fraction of sp³-hybridized carbons (Fsp3) is 0.429. The van der Waals surface area contributed by atoms with Gasteiger partial charge in [0, 0.05) is 17.7 Å². The molecule has 0 aliphatic heterocycles. The van der Waals surface area contributed by atoms with Crippen molar-refractivity contribution in [1.29, 1.82) is 0 Å². The van der Waals surface area contributed by atoms with Crippen molar-refractivity contribution in [2.24, 2.45) is 0 Å². The molecule has 0 aromatic carbocycles. The summed E-state index contributed by atoms with van der Waals surface area (Å²) in [4.78, 5) is 16.3. The molecular formula is C14H16N2O. The molecular weight excluding hydrogens is 212 g/mol. The SMILES string of the molecule is CC(=O)c1cccn2c(C3CCC3)nc(C)c12. The van der Waals surface area contributed by atoms with Crippen LogP contribution in [0.25, 0.3) is 5.52 Å². The summed E-state index contributed by atoms with van der Waals surface area (Å²) in [6.07, 6.45) is 5.77. The second-order valence-electron chi connectivity index (χ2n) is 4.88. The Labute approximate surface area is 100 Å². The van der Waals surface area contributed by atoms with Gasteiger partial charge < -0.3 is 4.40 Å². The summed E-state index contributed by atoms with van der Waals surface area (Å²) in [5.41, 5.74) is 2.74. The van der Waals surface area contributed by atoms with E-state index in [1.807, 2.05) is 25.3 Å². The molecule has 2 aromatic heterocycles. The predicted octanol–water partition coefficient (Wildman–Crippen LogP) is 3.11. The molecule has 17 heavy (non-hydrogen) atoms. The van der Waals surface area contributed by atoms with E-state index in [9.17, 15) is 4.79 Å². The van der Waals surface area contributed by atoms with Crippen LogP contribution in [0, 0.1) is 6.92 Å². The van der Waals surface area contributed by atoms with Gasteiger partial charge in [-0.1, -0.05) is 6.42 Å². The summed E-state index contributed by atoms with van der Waals surface area (Å²) in [6.45, 7) is 3.61. The van der Waals surface area contributed by atoms with Crippen LogP contribution in [0.15, 0.2) is 18.3 Å². The molecule has 1 saturated carbocycles. The van der Waals surface area contributed by atoms with Crippen molar-refractivity contribution in [2.45, 2.75) is 39.0 Å². The van der Waals surface area contributed by atoms with Gasteiger partial charge in [0.25, 0.3) is 0 Å². The van der Waals surface area contributed by atoms with E-state index < -0.39 is 0 Å². The lowest BCUT2D eigenvalue weighted by molar-refractivity contribution is 0.101. The number of Topliss-reactive ketones (excluding diaryl/α,β-unsaturated/α-hetero) is 1. The van der Waals surface area contributed by atoms with Crippen LogP contribution in [0.4, 0.5) is 0 Å². The van der Waals surface area contributed by atoms with E-state index in [4.69, 9.17) is 0 Å². The van der Waals surface area contributed by atoms with Gasteiger partial charge in [0.05, 0.1) is 11.2 Å². The molecule has 88 valence electrons. The highest BCUT2D eigenvalue weighted by Crippen LogP contribution is 2.36. The van der Waals surface area contributed by atoms with Crippen LogP contribution in [0.1, 0.15) is 54.0 Å². The summed E-state index contributed by atoms with van der Waals surface area (Å²) in [7, 11) is 0. The van der Waals surface area contributed by atoms with Crippen molar-refractivity contribution in [3.05, 3.63) is 35.4 Å². The molecule has 0 radical (unpaired) electrons. The van der Waals surface area contributed by atoms with Crippen molar-refractivity contribution < 1.29 is 4.79 Å². The van der Waals surface area contributed by atoms with Gasteiger partial charge in [0.2, 0.25) is 0 Å². The molecule has 0 spiro atoms. The van der Waals surface area contributed by atoms with E-state index in [0.717, 1.165) is 22.6 Å². The molecule has 2 heterocycles. The zero-order valence-electron chi connectivity index (χ0n) is 10.2. The van der Waals surface area contributed by atoms with E-state index in [0.29, 0.717) is 5.92 Å². The minimum absolute atomic E-state index is 0.110. The van der Waals surface area contributed by atoms with Gasteiger partial charge >= 0.3 is 0 Å². The number of rotatable bonds is 2. The van der Waals surface area contributed by atoms with E-state index in [2.05, 4.69) is 9.38 Å². The molecule has 0 N–H and O–H groups in total. The second-order valence-corrected chi connectivity index (χ2v) is 4.88. The average Bonchev–Trinajstić information content (AvgIpc) is 2.54. The topological polar surface area (TPSA) is 34.4 Å². The molecule has 0 bridgehead atoms. The minimum Gasteiger partial charge on any atom is -0.302 e. The first kappa shape index (κ1) is 10.5. The minimum atomic E-state index is 0.110. The molecule has 0 saturated heterocycles.